The first kappa shape index (κ1) is 23.4. The van der Waals surface area contributed by atoms with Gasteiger partial charge in [-0.2, -0.15) is 0 Å². The molecule has 2 N–H and O–H groups in total. The van der Waals surface area contributed by atoms with Crippen molar-refractivity contribution >= 4 is 21.6 Å². The third-order valence-corrected chi connectivity index (χ3v) is 6.56. The number of nitrogens with one attached hydrogen (secondary N) is 1. The van der Waals surface area contributed by atoms with Crippen LogP contribution in [0.1, 0.15) is 71.6 Å². The standard InChI is InChI=1S/C20H34ClNO3S/c1-3-5-7-9-11-17(10-8-6-4-2)20(16-23)22-26(24,25)19-14-12-18(21)13-15-19/h12-15,17,20,22-23H,3-11,16H2,1-2H3. The Hall–Kier alpha value is -0.620. The molecule has 0 saturated carbocycles. The molecule has 2 unspecified atom stereocenters. The van der Waals surface area contributed by atoms with Crippen molar-refractivity contribution in [2.75, 3.05) is 6.61 Å². The van der Waals surface area contributed by atoms with Crippen LogP contribution in [-0.2, 0) is 10.0 Å². The predicted molar refractivity (Wildman–Crippen MR) is 109 cm³/mol. The molecule has 0 aliphatic heterocycles. The minimum absolute atomic E-state index is 0.158. The van der Waals surface area contributed by atoms with Gasteiger partial charge >= 0.3 is 0 Å². The van der Waals surface area contributed by atoms with Crippen LogP contribution in [-0.4, -0.2) is 26.2 Å². The molecule has 0 amide bonds. The molecule has 0 radical (unpaired) electrons. The van der Waals surface area contributed by atoms with Gasteiger partial charge in [-0.1, -0.05) is 70.4 Å². The lowest BCUT2D eigenvalue weighted by atomic mass is 9.89. The van der Waals surface area contributed by atoms with E-state index in [0.29, 0.717) is 5.02 Å². The Labute approximate surface area is 164 Å². The van der Waals surface area contributed by atoms with Crippen molar-refractivity contribution < 1.29 is 13.5 Å². The second-order valence-electron chi connectivity index (χ2n) is 6.97. The highest BCUT2D eigenvalue weighted by Crippen LogP contribution is 2.23. The molecule has 0 fully saturated rings. The van der Waals surface area contributed by atoms with Gasteiger partial charge in [-0.05, 0) is 43.0 Å². The fraction of sp³-hybridized carbons (Fsp3) is 0.700. The number of aliphatic hydroxyl groups excluding tert-OH is 1. The molecule has 0 aliphatic rings. The maximum absolute atomic E-state index is 12.7. The number of rotatable bonds is 14. The Morgan fingerprint density at radius 3 is 2.04 bits per heavy atom. The second kappa shape index (κ2) is 12.7. The van der Waals surface area contributed by atoms with E-state index in [0.717, 1.165) is 44.9 Å². The highest BCUT2D eigenvalue weighted by molar-refractivity contribution is 7.89. The largest absolute Gasteiger partial charge is 0.395 e. The number of hydrogen-bond acceptors (Lipinski definition) is 3. The molecule has 150 valence electrons. The van der Waals surface area contributed by atoms with Crippen LogP contribution in [0, 0.1) is 5.92 Å². The van der Waals surface area contributed by atoms with Gasteiger partial charge in [0.05, 0.1) is 11.5 Å². The van der Waals surface area contributed by atoms with Gasteiger partial charge in [0.25, 0.3) is 0 Å². The number of unbranched alkanes of at least 4 members (excludes halogenated alkanes) is 5. The molecule has 0 aromatic heterocycles. The summed E-state index contributed by atoms with van der Waals surface area (Å²) in [5.74, 6) is 0.158. The summed E-state index contributed by atoms with van der Waals surface area (Å²) in [6.07, 6.45) is 9.80. The number of sulfonamides is 1. The van der Waals surface area contributed by atoms with Crippen LogP contribution in [0.3, 0.4) is 0 Å². The van der Waals surface area contributed by atoms with Crippen LogP contribution in [0.5, 0.6) is 0 Å². The Morgan fingerprint density at radius 2 is 1.50 bits per heavy atom. The van der Waals surface area contributed by atoms with E-state index in [1.54, 1.807) is 12.1 Å². The molecule has 0 bridgehead atoms. The summed E-state index contributed by atoms with van der Waals surface area (Å²) in [7, 11) is -3.67. The Bertz CT molecular complexity index is 590. The molecular formula is C20H34ClNO3S. The lowest BCUT2D eigenvalue weighted by Crippen LogP contribution is -2.43. The fourth-order valence-electron chi connectivity index (χ4n) is 3.20. The van der Waals surface area contributed by atoms with Crippen LogP contribution >= 0.6 is 11.6 Å². The third-order valence-electron chi connectivity index (χ3n) is 4.80. The molecule has 6 heteroatoms. The number of hydrogen-bond donors (Lipinski definition) is 2. The third kappa shape index (κ3) is 8.38. The molecule has 26 heavy (non-hydrogen) atoms. The van der Waals surface area contributed by atoms with E-state index >= 15 is 0 Å². The van der Waals surface area contributed by atoms with E-state index in [1.165, 1.54) is 25.0 Å². The summed E-state index contributed by atoms with van der Waals surface area (Å²) in [6, 6.07) is 5.66. The van der Waals surface area contributed by atoms with Crippen LogP contribution < -0.4 is 4.72 Å². The Morgan fingerprint density at radius 1 is 0.962 bits per heavy atom. The molecular weight excluding hydrogens is 370 g/mol. The lowest BCUT2D eigenvalue weighted by molar-refractivity contribution is 0.198. The average Bonchev–Trinajstić information content (AvgIpc) is 2.62. The van der Waals surface area contributed by atoms with E-state index in [9.17, 15) is 13.5 Å². The van der Waals surface area contributed by atoms with Gasteiger partial charge in [0.15, 0.2) is 0 Å². The second-order valence-corrected chi connectivity index (χ2v) is 9.12. The molecule has 1 rings (SSSR count). The van der Waals surface area contributed by atoms with E-state index in [-0.39, 0.29) is 17.4 Å². The van der Waals surface area contributed by atoms with Gasteiger partial charge in [-0.3, -0.25) is 0 Å². The summed E-state index contributed by atoms with van der Waals surface area (Å²) in [4.78, 5) is 0.179. The first-order valence-corrected chi connectivity index (χ1v) is 11.7. The van der Waals surface area contributed by atoms with Gasteiger partial charge < -0.3 is 5.11 Å². The van der Waals surface area contributed by atoms with Crippen LogP contribution in [0.15, 0.2) is 29.2 Å². The number of aliphatic hydroxyl groups is 1. The van der Waals surface area contributed by atoms with Gasteiger partial charge in [-0.15, -0.1) is 0 Å². The van der Waals surface area contributed by atoms with Gasteiger partial charge in [0.2, 0.25) is 10.0 Å². The van der Waals surface area contributed by atoms with Crippen LogP contribution in [0.2, 0.25) is 5.02 Å². The first-order valence-electron chi connectivity index (χ1n) is 9.83. The van der Waals surface area contributed by atoms with E-state index in [1.807, 2.05) is 0 Å². The molecule has 4 nitrogen and oxygen atoms in total. The average molecular weight is 404 g/mol. The first-order chi connectivity index (χ1) is 12.4. The minimum Gasteiger partial charge on any atom is -0.395 e. The quantitative estimate of drug-likeness (QED) is 0.422. The van der Waals surface area contributed by atoms with Crippen molar-refractivity contribution in [3.05, 3.63) is 29.3 Å². The molecule has 1 aromatic rings. The zero-order valence-corrected chi connectivity index (χ0v) is 17.7. The van der Waals surface area contributed by atoms with Crippen LogP contribution in [0.4, 0.5) is 0 Å². The highest BCUT2D eigenvalue weighted by Gasteiger charge is 2.26. The lowest BCUT2D eigenvalue weighted by Gasteiger charge is -2.27. The Balaban J connectivity index is 2.80. The zero-order chi connectivity index (χ0) is 19.4. The smallest absolute Gasteiger partial charge is 0.240 e. The van der Waals surface area contributed by atoms with Gasteiger partial charge in [-0.25, -0.2) is 13.1 Å². The molecule has 0 heterocycles. The zero-order valence-electron chi connectivity index (χ0n) is 16.1. The predicted octanol–water partition coefficient (Wildman–Crippen LogP) is 5.15. The molecule has 0 spiro atoms. The van der Waals surface area contributed by atoms with E-state index in [4.69, 9.17) is 11.6 Å². The highest BCUT2D eigenvalue weighted by atomic mass is 35.5. The van der Waals surface area contributed by atoms with Gasteiger partial charge in [0, 0.05) is 11.1 Å². The van der Waals surface area contributed by atoms with Crippen molar-refractivity contribution in [1.29, 1.82) is 0 Å². The summed E-state index contributed by atoms with van der Waals surface area (Å²) >= 11 is 5.84. The van der Waals surface area contributed by atoms with Crippen molar-refractivity contribution in [3.8, 4) is 0 Å². The van der Waals surface area contributed by atoms with E-state index < -0.39 is 16.1 Å². The Kier molecular flexibility index (Phi) is 11.4. The summed E-state index contributed by atoms with van der Waals surface area (Å²) in [6.45, 7) is 4.15. The molecule has 2 atom stereocenters. The van der Waals surface area contributed by atoms with Crippen molar-refractivity contribution in [1.82, 2.24) is 4.72 Å². The van der Waals surface area contributed by atoms with Crippen molar-refractivity contribution in [2.45, 2.75) is 82.6 Å². The SMILES string of the molecule is CCCCCCC(CCCCC)C(CO)NS(=O)(=O)c1ccc(Cl)cc1. The van der Waals surface area contributed by atoms with Gasteiger partial charge in [0.1, 0.15) is 0 Å². The molecule has 1 aromatic carbocycles. The molecule has 0 aliphatic carbocycles. The topological polar surface area (TPSA) is 66.4 Å². The minimum atomic E-state index is -3.67. The monoisotopic (exact) mass is 403 g/mol. The fourth-order valence-corrected chi connectivity index (χ4v) is 4.62. The number of benzene rings is 1. The number of halogens is 1. The normalized spacial score (nSPS) is 14.3. The summed E-state index contributed by atoms with van der Waals surface area (Å²) < 4.78 is 28.0. The van der Waals surface area contributed by atoms with Crippen molar-refractivity contribution in [3.63, 3.8) is 0 Å². The molecule has 0 saturated heterocycles. The van der Waals surface area contributed by atoms with Crippen LogP contribution in [0.25, 0.3) is 0 Å². The van der Waals surface area contributed by atoms with E-state index in [2.05, 4.69) is 18.6 Å². The summed E-state index contributed by atoms with van der Waals surface area (Å²) in [5, 5.41) is 10.4. The maximum atomic E-state index is 12.7. The maximum Gasteiger partial charge on any atom is 0.240 e. The summed E-state index contributed by atoms with van der Waals surface area (Å²) in [5.41, 5.74) is 0. The van der Waals surface area contributed by atoms with Crippen molar-refractivity contribution in [2.24, 2.45) is 5.92 Å².